The lowest BCUT2D eigenvalue weighted by Gasteiger charge is -2.42. The van der Waals surface area contributed by atoms with Crippen LogP contribution in [0.5, 0.6) is 0 Å². The topological polar surface area (TPSA) is 102 Å². The molecule has 0 bridgehead atoms. The second kappa shape index (κ2) is 11.1. The highest BCUT2D eigenvalue weighted by molar-refractivity contribution is 6.32. The van der Waals surface area contributed by atoms with Gasteiger partial charge in [0, 0.05) is 31.2 Å². The van der Waals surface area contributed by atoms with Crippen molar-refractivity contribution in [2.24, 2.45) is 11.8 Å². The van der Waals surface area contributed by atoms with E-state index >= 15 is 0 Å². The molecule has 2 rings (SSSR count). The van der Waals surface area contributed by atoms with Crippen molar-refractivity contribution in [1.29, 1.82) is 0 Å². The van der Waals surface area contributed by atoms with Gasteiger partial charge in [0.1, 0.15) is 16.6 Å². The smallest absolute Gasteiger partial charge is 0.410 e. The predicted octanol–water partition coefficient (Wildman–Crippen LogP) is 4.32. The predicted molar refractivity (Wildman–Crippen MR) is 133 cm³/mol. The van der Waals surface area contributed by atoms with E-state index in [1.54, 1.807) is 25.7 Å². The minimum atomic E-state index is -0.697. The van der Waals surface area contributed by atoms with Gasteiger partial charge in [-0.15, -0.1) is 0 Å². The minimum Gasteiger partial charge on any atom is -0.469 e. The first-order valence-corrected chi connectivity index (χ1v) is 12.3. The zero-order chi connectivity index (χ0) is 26.7. The van der Waals surface area contributed by atoms with Crippen molar-refractivity contribution in [2.75, 3.05) is 26.7 Å². The van der Waals surface area contributed by atoms with Crippen molar-refractivity contribution in [2.45, 2.75) is 78.9 Å². The molecule has 196 valence electrons. The van der Waals surface area contributed by atoms with Crippen molar-refractivity contribution in [3.8, 4) is 0 Å². The van der Waals surface area contributed by atoms with Gasteiger partial charge in [-0.25, -0.2) is 14.8 Å². The first kappa shape index (κ1) is 28.8. The summed E-state index contributed by atoms with van der Waals surface area (Å²) in [7, 11) is 1.31. The molecule has 0 aliphatic carbocycles. The highest BCUT2D eigenvalue weighted by Gasteiger charge is 2.40. The van der Waals surface area contributed by atoms with Crippen LogP contribution in [0.1, 0.15) is 78.0 Å². The van der Waals surface area contributed by atoms with Crippen LogP contribution < -0.4 is 0 Å². The second-order valence-electron chi connectivity index (χ2n) is 11.5. The van der Waals surface area contributed by atoms with Gasteiger partial charge in [-0.05, 0) is 33.1 Å². The van der Waals surface area contributed by atoms with Crippen molar-refractivity contribution >= 4 is 29.6 Å². The first-order chi connectivity index (χ1) is 16.0. The molecule has 1 unspecified atom stereocenters. The molecule has 9 nitrogen and oxygen atoms in total. The molecule has 0 aromatic carbocycles. The number of rotatable bonds is 5. The highest BCUT2D eigenvalue weighted by atomic mass is 35.5. The van der Waals surface area contributed by atoms with E-state index in [0.717, 1.165) is 0 Å². The molecule has 2 amide bonds. The van der Waals surface area contributed by atoms with Crippen LogP contribution in [0, 0.1) is 11.8 Å². The number of carbonyl (C=O) groups is 3. The van der Waals surface area contributed by atoms with E-state index in [2.05, 4.69) is 9.97 Å². The van der Waals surface area contributed by atoms with Gasteiger partial charge >= 0.3 is 12.1 Å². The maximum Gasteiger partial charge on any atom is 0.410 e. The summed E-state index contributed by atoms with van der Waals surface area (Å²) in [6.45, 7) is 16.0. The molecular weight excluding hydrogens is 472 g/mol. The van der Waals surface area contributed by atoms with Crippen molar-refractivity contribution in [1.82, 2.24) is 19.8 Å². The van der Waals surface area contributed by atoms with Crippen LogP contribution >= 0.6 is 11.6 Å². The van der Waals surface area contributed by atoms with Crippen LogP contribution in [0.2, 0.25) is 5.15 Å². The molecule has 35 heavy (non-hydrogen) atoms. The van der Waals surface area contributed by atoms with Crippen molar-refractivity contribution in [3.05, 3.63) is 22.7 Å². The number of piperidine rings is 1. The fourth-order valence-corrected chi connectivity index (χ4v) is 4.13. The number of nitrogens with zero attached hydrogens (tertiary/aromatic N) is 4. The fourth-order valence-electron chi connectivity index (χ4n) is 3.92. The largest absolute Gasteiger partial charge is 0.469 e. The summed E-state index contributed by atoms with van der Waals surface area (Å²) in [6.07, 6.45) is 1.27. The second-order valence-corrected chi connectivity index (χ2v) is 11.9. The minimum absolute atomic E-state index is 0.0769. The molecule has 1 aromatic rings. The molecule has 1 aliphatic rings. The number of methoxy groups -OCH3 is 1. The maximum atomic E-state index is 13.7. The number of hydrogen-bond donors (Lipinski definition) is 0. The lowest BCUT2D eigenvalue weighted by Crippen LogP contribution is -2.57. The third-order valence-corrected chi connectivity index (χ3v) is 5.81. The van der Waals surface area contributed by atoms with Gasteiger partial charge in [0.15, 0.2) is 0 Å². The maximum absolute atomic E-state index is 13.7. The van der Waals surface area contributed by atoms with E-state index < -0.39 is 29.6 Å². The number of esters is 1. The van der Waals surface area contributed by atoms with Gasteiger partial charge in [-0.3, -0.25) is 9.59 Å². The van der Waals surface area contributed by atoms with Gasteiger partial charge in [0.05, 0.1) is 24.6 Å². The van der Waals surface area contributed by atoms with Crippen molar-refractivity contribution in [3.63, 3.8) is 0 Å². The van der Waals surface area contributed by atoms with Crippen LogP contribution in [0.3, 0.4) is 0 Å². The normalized spacial score (nSPS) is 18.9. The lowest BCUT2D eigenvalue weighted by molar-refractivity contribution is -0.148. The monoisotopic (exact) mass is 510 g/mol. The Morgan fingerprint density at radius 2 is 1.80 bits per heavy atom. The molecule has 2 atom stereocenters. The van der Waals surface area contributed by atoms with E-state index in [0.29, 0.717) is 18.8 Å². The summed E-state index contributed by atoms with van der Waals surface area (Å²) < 4.78 is 10.5. The number of carbonyl (C=O) groups excluding carboxylic acids is 3. The Morgan fingerprint density at radius 3 is 2.29 bits per heavy atom. The Labute approximate surface area is 213 Å². The SMILES string of the molecule is COC(=O)C1C[C@H](N(CC(C)C)C(=O)c2cnc(C(C)(C)C)nc2Cl)CN(C(=O)OC(C)(C)C)C1. The number of likely N-dealkylation sites (tertiary alicyclic amines) is 1. The molecule has 1 fully saturated rings. The molecular formula is C25H39ClN4O5. The summed E-state index contributed by atoms with van der Waals surface area (Å²) >= 11 is 6.45. The van der Waals surface area contributed by atoms with Gasteiger partial charge in [-0.2, -0.15) is 0 Å². The van der Waals surface area contributed by atoms with E-state index in [1.807, 2.05) is 34.6 Å². The number of hydrogen-bond acceptors (Lipinski definition) is 7. The van der Waals surface area contributed by atoms with E-state index in [9.17, 15) is 14.4 Å². The molecule has 1 aliphatic heterocycles. The van der Waals surface area contributed by atoms with Crippen molar-refractivity contribution < 1.29 is 23.9 Å². The zero-order valence-electron chi connectivity index (χ0n) is 22.3. The fraction of sp³-hybridized carbons (Fsp3) is 0.720. The first-order valence-electron chi connectivity index (χ1n) is 11.9. The number of ether oxygens (including phenoxy) is 2. The van der Waals surface area contributed by atoms with Crippen LogP contribution in [-0.4, -0.2) is 76.1 Å². The molecule has 0 spiro atoms. The Balaban J connectivity index is 2.43. The van der Waals surface area contributed by atoms with Crippen LogP contribution in [-0.2, 0) is 19.7 Å². The van der Waals surface area contributed by atoms with Gasteiger partial charge in [0.25, 0.3) is 5.91 Å². The summed E-state index contributed by atoms with van der Waals surface area (Å²) in [5.74, 6) is -0.710. The summed E-state index contributed by atoms with van der Waals surface area (Å²) in [5.41, 5.74) is -0.838. The number of amides is 2. The molecule has 1 aromatic heterocycles. The molecule has 10 heteroatoms. The average Bonchev–Trinajstić information content (AvgIpc) is 2.74. The Bertz CT molecular complexity index is 939. The van der Waals surface area contributed by atoms with Crippen LogP contribution in [0.4, 0.5) is 4.79 Å². The molecule has 0 radical (unpaired) electrons. The molecule has 1 saturated heterocycles. The molecule has 0 N–H and O–H groups in total. The van der Waals surface area contributed by atoms with E-state index in [1.165, 1.54) is 18.2 Å². The molecule has 2 heterocycles. The Hall–Kier alpha value is -2.42. The third kappa shape index (κ3) is 7.78. The van der Waals surface area contributed by atoms with Gasteiger partial charge < -0.3 is 19.3 Å². The van der Waals surface area contributed by atoms with E-state index in [4.69, 9.17) is 21.1 Å². The quantitative estimate of drug-likeness (QED) is 0.429. The number of halogens is 1. The highest BCUT2D eigenvalue weighted by Crippen LogP contribution is 2.28. The Kier molecular flexibility index (Phi) is 9.14. The van der Waals surface area contributed by atoms with Crippen LogP contribution in [0.15, 0.2) is 6.20 Å². The summed E-state index contributed by atoms with van der Waals surface area (Å²) in [5, 5.41) is 0.0769. The van der Waals surface area contributed by atoms with Gasteiger partial charge in [0.2, 0.25) is 0 Å². The standard InChI is InChI=1S/C25H39ClN4O5/c1-15(2)12-30(20(31)18-11-27-22(24(3,4)5)28-19(18)26)17-10-16(21(32)34-9)13-29(14-17)23(33)35-25(6,7)8/h11,15-17H,10,12-14H2,1-9H3/t16?,17-/m0/s1. The van der Waals surface area contributed by atoms with Crippen LogP contribution in [0.25, 0.3) is 0 Å². The summed E-state index contributed by atoms with van der Waals surface area (Å²) in [4.78, 5) is 51.0. The van der Waals surface area contributed by atoms with E-state index in [-0.39, 0.29) is 41.0 Å². The number of aromatic nitrogens is 2. The zero-order valence-corrected chi connectivity index (χ0v) is 23.1. The van der Waals surface area contributed by atoms with Gasteiger partial charge in [-0.1, -0.05) is 46.2 Å². The Morgan fingerprint density at radius 1 is 1.17 bits per heavy atom. The molecule has 0 saturated carbocycles. The summed E-state index contributed by atoms with van der Waals surface area (Å²) in [6, 6.07) is -0.450. The lowest BCUT2D eigenvalue weighted by atomic mass is 9.92. The third-order valence-electron chi connectivity index (χ3n) is 5.52. The average molecular weight is 511 g/mol.